The Morgan fingerprint density at radius 2 is 1.43 bits per heavy atom. The van der Waals surface area contributed by atoms with Gasteiger partial charge in [-0.15, -0.1) is 0 Å². The Balaban J connectivity index is 1.98. The molecule has 2 aliphatic heterocycles. The average Bonchev–Trinajstić information content (AvgIpc) is 2.42. The highest BCUT2D eigenvalue weighted by molar-refractivity contribution is 7.91. The molecule has 0 bridgehead atoms. The maximum Gasteiger partial charge on any atom is 0.317 e. The summed E-state index contributed by atoms with van der Waals surface area (Å²) in [5, 5.41) is 0. The molecule has 3 rings (SSSR count). The van der Waals surface area contributed by atoms with E-state index in [1.807, 2.05) is 0 Å². The minimum Gasteiger partial charge on any atom is -0.393 e. The highest BCUT2D eigenvalue weighted by atomic mass is 32.2. The van der Waals surface area contributed by atoms with E-state index in [1.54, 1.807) is 0 Å². The number of esters is 2. The third-order valence-electron chi connectivity index (χ3n) is 3.50. The van der Waals surface area contributed by atoms with Gasteiger partial charge in [0.2, 0.25) is 0 Å². The molecule has 0 radical (unpaired) electrons. The lowest BCUT2D eigenvalue weighted by molar-refractivity contribution is -0.153. The second-order valence-corrected chi connectivity index (χ2v) is 6.35. The van der Waals surface area contributed by atoms with Gasteiger partial charge in [0.05, 0.1) is 23.3 Å². The summed E-state index contributed by atoms with van der Waals surface area (Å²) in [5.74, 6) is -2.23. The van der Waals surface area contributed by atoms with Crippen molar-refractivity contribution in [2.45, 2.75) is 0 Å². The summed E-state index contributed by atoms with van der Waals surface area (Å²) in [5.41, 5.74) is 0. The van der Waals surface area contributed by atoms with Gasteiger partial charge in [-0.1, -0.05) is 0 Å². The second-order valence-electron chi connectivity index (χ2n) is 4.20. The number of sulfone groups is 1. The largest absolute Gasteiger partial charge is 0.393 e. The van der Waals surface area contributed by atoms with Crippen LogP contribution in [0.2, 0.25) is 0 Å². The van der Waals surface area contributed by atoms with Crippen LogP contribution in [0.3, 0.4) is 0 Å². The van der Waals surface area contributed by atoms with Gasteiger partial charge in [-0.3, -0.25) is 9.59 Å². The van der Waals surface area contributed by atoms with Gasteiger partial charge < -0.3 is 4.74 Å². The summed E-state index contributed by atoms with van der Waals surface area (Å²) < 4.78 is 27.0. The molecular formula is C8H8O5S. The quantitative estimate of drug-likeness (QED) is 0.382. The Morgan fingerprint density at radius 3 is 1.86 bits per heavy atom. The van der Waals surface area contributed by atoms with Crippen molar-refractivity contribution in [2.75, 3.05) is 11.5 Å². The zero-order valence-electron chi connectivity index (χ0n) is 7.17. The van der Waals surface area contributed by atoms with Crippen molar-refractivity contribution in [3.8, 4) is 0 Å². The fourth-order valence-corrected chi connectivity index (χ4v) is 5.12. The number of hydrogen-bond acceptors (Lipinski definition) is 5. The van der Waals surface area contributed by atoms with Gasteiger partial charge in [-0.25, -0.2) is 8.42 Å². The lowest BCUT2D eigenvalue weighted by Gasteiger charge is -2.38. The van der Waals surface area contributed by atoms with E-state index in [9.17, 15) is 18.0 Å². The third kappa shape index (κ3) is 0.821. The number of hydrogen-bond donors (Lipinski definition) is 0. The van der Waals surface area contributed by atoms with Crippen molar-refractivity contribution in [3.63, 3.8) is 0 Å². The first-order valence-electron chi connectivity index (χ1n) is 4.45. The molecule has 1 aliphatic carbocycles. The molecule has 5 nitrogen and oxygen atoms in total. The minimum atomic E-state index is -3.03. The van der Waals surface area contributed by atoms with E-state index in [0.717, 1.165) is 0 Å². The first-order chi connectivity index (χ1) is 6.49. The summed E-state index contributed by atoms with van der Waals surface area (Å²) in [6, 6.07) is 0. The van der Waals surface area contributed by atoms with Crippen LogP contribution in [0.15, 0.2) is 0 Å². The number of ether oxygens (including phenoxy) is 1. The molecule has 0 spiro atoms. The summed E-state index contributed by atoms with van der Waals surface area (Å²) in [6.07, 6.45) is 0. The van der Waals surface area contributed by atoms with Crippen molar-refractivity contribution >= 4 is 21.8 Å². The van der Waals surface area contributed by atoms with Crippen LogP contribution < -0.4 is 0 Å². The molecule has 2 heterocycles. The molecule has 76 valence electrons. The Morgan fingerprint density at radius 1 is 1.00 bits per heavy atom. The fraction of sp³-hybridized carbons (Fsp3) is 0.750. The minimum absolute atomic E-state index is 0.0429. The van der Waals surface area contributed by atoms with Crippen LogP contribution in [0, 0.1) is 23.7 Å². The molecule has 2 saturated heterocycles. The number of fused-ring (bicyclic) bond motifs is 4. The molecule has 0 amide bonds. The van der Waals surface area contributed by atoms with Gasteiger partial charge in [0.25, 0.3) is 0 Å². The second kappa shape index (κ2) is 2.18. The Kier molecular flexibility index (Phi) is 1.31. The van der Waals surface area contributed by atoms with Gasteiger partial charge in [-0.2, -0.15) is 0 Å². The summed E-state index contributed by atoms with van der Waals surface area (Å²) in [7, 11) is -3.03. The highest BCUT2D eigenvalue weighted by Crippen LogP contribution is 2.55. The summed E-state index contributed by atoms with van der Waals surface area (Å²) in [6.45, 7) is 0. The lowest BCUT2D eigenvalue weighted by atomic mass is 9.59. The summed E-state index contributed by atoms with van der Waals surface area (Å²) in [4.78, 5) is 22.3. The van der Waals surface area contributed by atoms with E-state index < -0.39 is 33.6 Å². The van der Waals surface area contributed by atoms with E-state index in [2.05, 4.69) is 4.74 Å². The predicted molar refractivity (Wildman–Crippen MR) is 43.7 cm³/mol. The third-order valence-corrected chi connectivity index (χ3v) is 5.28. The molecule has 3 aliphatic rings. The van der Waals surface area contributed by atoms with E-state index in [1.165, 1.54) is 0 Å². The van der Waals surface area contributed by atoms with Crippen molar-refractivity contribution in [2.24, 2.45) is 23.7 Å². The molecule has 0 unspecified atom stereocenters. The van der Waals surface area contributed by atoms with Gasteiger partial charge in [0.1, 0.15) is 0 Å². The molecule has 0 aromatic heterocycles. The molecule has 3 fully saturated rings. The van der Waals surface area contributed by atoms with Crippen molar-refractivity contribution in [3.05, 3.63) is 0 Å². The topological polar surface area (TPSA) is 77.5 Å². The number of rotatable bonds is 0. The Hall–Kier alpha value is -0.910. The Labute approximate surface area is 80.3 Å². The Bertz CT molecular complexity index is 403. The van der Waals surface area contributed by atoms with Crippen LogP contribution in [0.5, 0.6) is 0 Å². The van der Waals surface area contributed by atoms with Crippen LogP contribution >= 0.6 is 0 Å². The van der Waals surface area contributed by atoms with Crippen LogP contribution in [-0.4, -0.2) is 31.9 Å². The standard InChI is InChI=1S/C8H8O5S/c9-7-5-3-1-14(11,12)2-4(3)6(5)8(10)13-7/h3-6H,1-2H2/t3-,4-,5-,6-/m1/s1. The SMILES string of the molecule is O=C1OC(=O)[C@@H]2[C@@H]3CS(=O)(=O)C[C@H]3[C@@H]12. The first-order valence-corrected chi connectivity index (χ1v) is 6.28. The fourth-order valence-electron chi connectivity index (χ4n) is 2.91. The molecule has 14 heavy (non-hydrogen) atoms. The normalized spacial score (nSPS) is 48.0. The maximum atomic E-state index is 11.3. The monoisotopic (exact) mass is 216 g/mol. The van der Waals surface area contributed by atoms with Crippen molar-refractivity contribution in [1.82, 2.24) is 0 Å². The average molecular weight is 216 g/mol. The highest BCUT2D eigenvalue weighted by Gasteiger charge is 2.67. The zero-order chi connectivity index (χ0) is 10.1. The smallest absolute Gasteiger partial charge is 0.317 e. The van der Waals surface area contributed by atoms with E-state index in [4.69, 9.17) is 0 Å². The first kappa shape index (κ1) is 8.40. The lowest BCUT2D eigenvalue weighted by Crippen LogP contribution is -2.47. The van der Waals surface area contributed by atoms with Crippen LogP contribution in [-0.2, 0) is 24.2 Å². The molecular weight excluding hydrogens is 208 g/mol. The number of cyclic esters (lactones) is 2. The number of carbonyl (C=O) groups is 2. The molecule has 0 N–H and O–H groups in total. The van der Waals surface area contributed by atoms with Crippen molar-refractivity contribution < 1.29 is 22.7 Å². The van der Waals surface area contributed by atoms with Gasteiger partial charge >= 0.3 is 11.9 Å². The van der Waals surface area contributed by atoms with Crippen LogP contribution in [0.25, 0.3) is 0 Å². The maximum absolute atomic E-state index is 11.3. The molecule has 0 aromatic carbocycles. The zero-order valence-corrected chi connectivity index (χ0v) is 7.99. The molecule has 4 atom stereocenters. The van der Waals surface area contributed by atoms with Gasteiger partial charge in [0.15, 0.2) is 9.84 Å². The van der Waals surface area contributed by atoms with Crippen molar-refractivity contribution in [1.29, 1.82) is 0 Å². The van der Waals surface area contributed by atoms with Gasteiger partial charge in [-0.05, 0) is 11.8 Å². The number of carbonyl (C=O) groups excluding carboxylic acids is 2. The van der Waals surface area contributed by atoms with E-state index >= 15 is 0 Å². The van der Waals surface area contributed by atoms with E-state index in [0.29, 0.717) is 0 Å². The summed E-state index contributed by atoms with van der Waals surface area (Å²) >= 11 is 0. The predicted octanol–water partition coefficient (Wildman–Crippen LogP) is -1.02. The van der Waals surface area contributed by atoms with Crippen LogP contribution in [0.4, 0.5) is 0 Å². The van der Waals surface area contributed by atoms with E-state index in [-0.39, 0.29) is 23.3 Å². The molecule has 6 heteroatoms. The molecule has 0 aromatic rings. The van der Waals surface area contributed by atoms with Gasteiger partial charge in [0, 0.05) is 0 Å². The van der Waals surface area contributed by atoms with Crippen LogP contribution in [0.1, 0.15) is 0 Å². The molecule has 1 saturated carbocycles.